The zero-order valence-electron chi connectivity index (χ0n) is 13.4. The molecule has 4 heteroatoms. The Balaban J connectivity index is 1.87. The number of hydrogen-bond donors (Lipinski definition) is 1. The van der Waals surface area contributed by atoms with Crippen molar-refractivity contribution in [1.29, 1.82) is 0 Å². The van der Waals surface area contributed by atoms with Crippen molar-refractivity contribution in [1.82, 2.24) is 15.1 Å². The Morgan fingerprint density at radius 2 is 1.80 bits per heavy atom. The Labute approximate surface area is 123 Å². The van der Waals surface area contributed by atoms with Crippen LogP contribution in [0.5, 0.6) is 0 Å². The highest BCUT2D eigenvalue weighted by atomic mass is 16.2. The van der Waals surface area contributed by atoms with Gasteiger partial charge in [-0.1, -0.05) is 20.3 Å². The molecule has 2 saturated heterocycles. The molecule has 0 aromatic carbocycles. The van der Waals surface area contributed by atoms with Crippen molar-refractivity contribution in [2.24, 2.45) is 0 Å². The minimum atomic E-state index is 0.0348. The van der Waals surface area contributed by atoms with Gasteiger partial charge in [-0.2, -0.15) is 0 Å². The standard InChI is InChI=1S/C16H31N3O/c1-13(2)17-15-8-7-11-19(16(15)20)14(3)12-18-9-5-4-6-10-18/h13-15,17H,4-12H2,1-3H3. The molecule has 0 aromatic rings. The first-order valence-electron chi connectivity index (χ1n) is 8.37. The minimum absolute atomic E-state index is 0.0348. The van der Waals surface area contributed by atoms with E-state index in [0.29, 0.717) is 18.0 Å². The van der Waals surface area contributed by atoms with E-state index in [1.807, 2.05) is 0 Å². The highest BCUT2D eigenvalue weighted by Gasteiger charge is 2.32. The zero-order chi connectivity index (χ0) is 14.5. The average molecular weight is 281 g/mol. The number of hydrogen-bond acceptors (Lipinski definition) is 3. The van der Waals surface area contributed by atoms with Crippen LogP contribution in [0.25, 0.3) is 0 Å². The van der Waals surface area contributed by atoms with Gasteiger partial charge < -0.3 is 15.1 Å². The smallest absolute Gasteiger partial charge is 0.239 e. The number of piperidine rings is 2. The molecule has 0 aliphatic carbocycles. The van der Waals surface area contributed by atoms with E-state index >= 15 is 0 Å². The number of likely N-dealkylation sites (tertiary alicyclic amines) is 2. The van der Waals surface area contributed by atoms with Crippen molar-refractivity contribution in [3.63, 3.8) is 0 Å². The zero-order valence-corrected chi connectivity index (χ0v) is 13.4. The highest BCUT2D eigenvalue weighted by molar-refractivity contribution is 5.83. The first kappa shape index (κ1) is 15.8. The van der Waals surface area contributed by atoms with Gasteiger partial charge in [-0.3, -0.25) is 4.79 Å². The number of nitrogens with zero attached hydrogens (tertiary/aromatic N) is 2. The van der Waals surface area contributed by atoms with Crippen LogP contribution < -0.4 is 5.32 Å². The summed E-state index contributed by atoms with van der Waals surface area (Å²) in [4.78, 5) is 17.2. The third-order valence-corrected chi connectivity index (χ3v) is 4.51. The van der Waals surface area contributed by atoms with Gasteiger partial charge in [-0.05, 0) is 45.7 Å². The van der Waals surface area contributed by atoms with Gasteiger partial charge in [-0.25, -0.2) is 0 Å². The Kier molecular flexibility index (Phi) is 5.85. The summed E-state index contributed by atoms with van der Waals surface area (Å²) in [6.45, 7) is 10.8. The second-order valence-electron chi connectivity index (χ2n) is 6.76. The molecular formula is C16H31N3O. The molecule has 0 bridgehead atoms. The van der Waals surface area contributed by atoms with Crippen LogP contribution in [0.15, 0.2) is 0 Å². The molecule has 1 N–H and O–H groups in total. The Bertz CT molecular complexity index is 313. The van der Waals surface area contributed by atoms with Gasteiger partial charge in [0, 0.05) is 25.2 Å². The molecule has 20 heavy (non-hydrogen) atoms. The largest absolute Gasteiger partial charge is 0.337 e. The summed E-state index contributed by atoms with van der Waals surface area (Å²) in [6.07, 6.45) is 6.12. The predicted molar refractivity (Wildman–Crippen MR) is 82.8 cm³/mol. The van der Waals surface area contributed by atoms with Crippen molar-refractivity contribution in [3.8, 4) is 0 Å². The maximum atomic E-state index is 12.6. The van der Waals surface area contributed by atoms with Crippen LogP contribution in [0.1, 0.15) is 52.9 Å². The number of amides is 1. The third kappa shape index (κ3) is 4.19. The molecule has 2 aliphatic heterocycles. The van der Waals surface area contributed by atoms with E-state index in [2.05, 4.69) is 35.9 Å². The molecule has 2 fully saturated rings. The van der Waals surface area contributed by atoms with Crippen LogP contribution in [0.2, 0.25) is 0 Å². The lowest BCUT2D eigenvalue weighted by Gasteiger charge is -2.40. The van der Waals surface area contributed by atoms with E-state index in [0.717, 1.165) is 25.9 Å². The lowest BCUT2D eigenvalue weighted by atomic mass is 10.0. The Morgan fingerprint density at radius 1 is 1.10 bits per heavy atom. The monoisotopic (exact) mass is 281 g/mol. The van der Waals surface area contributed by atoms with Crippen molar-refractivity contribution in [2.45, 2.75) is 71.0 Å². The molecule has 2 heterocycles. The maximum absolute atomic E-state index is 12.6. The van der Waals surface area contributed by atoms with Crippen LogP contribution >= 0.6 is 0 Å². The van der Waals surface area contributed by atoms with Crippen LogP contribution in [0.3, 0.4) is 0 Å². The molecule has 2 unspecified atom stereocenters. The average Bonchev–Trinajstić information content (AvgIpc) is 2.41. The maximum Gasteiger partial charge on any atom is 0.239 e. The topological polar surface area (TPSA) is 35.6 Å². The molecule has 0 saturated carbocycles. The molecule has 4 nitrogen and oxygen atoms in total. The number of carbonyl (C=O) groups is 1. The summed E-state index contributed by atoms with van der Waals surface area (Å²) >= 11 is 0. The van der Waals surface area contributed by atoms with Crippen LogP contribution in [-0.4, -0.2) is 60.0 Å². The third-order valence-electron chi connectivity index (χ3n) is 4.51. The molecule has 1 amide bonds. The number of rotatable bonds is 5. The highest BCUT2D eigenvalue weighted by Crippen LogP contribution is 2.17. The fraction of sp³-hybridized carbons (Fsp3) is 0.938. The van der Waals surface area contributed by atoms with E-state index in [1.165, 1.54) is 32.4 Å². The predicted octanol–water partition coefficient (Wildman–Crippen LogP) is 1.85. The molecule has 2 rings (SSSR count). The first-order valence-corrected chi connectivity index (χ1v) is 8.37. The van der Waals surface area contributed by atoms with E-state index in [9.17, 15) is 4.79 Å². The quantitative estimate of drug-likeness (QED) is 0.835. The fourth-order valence-corrected chi connectivity index (χ4v) is 3.51. The van der Waals surface area contributed by atoms with Gasteiger partial charge in [0.2, 0.25) is 5.91 Å². The van der Waals surface area contributed by atoms with Gasteiger partial charge >= 0.3 is 0 Å². The van der Waals surface area contributed by atoms with Gasteiger partial charge in [0.05, 0.1) is 6.04 Å². The van der Waals surface area contributed by atoms with E-state index in [1.54, 1.807) is 0 Å². The summed E-state index contributed by atoms with van der Waals surface area (Å²) in [5.41, 5.74) is 0. The Morgan fingerprint density at radius 3 is 2.45 bits per heavy atom. The van der Waals surface area contributed by atoms with E-state index in [4.69, 9.17) is 0 Å². The van der Waals surface area contributed by atoms with Gasteiger partial charge in [0.15, 0.2) is 0 Å². The van der Waals surface area contributed by atoms with Crippen molar-refractivity contribution >= 4 is 5.91 Å². The normalized spacial score (nSPS) is 27.1. The number of nitrogens with one attached hydrogen (secondary N) is 1. The summed E-state index contributed by atoms with van der Waals surface area (Å²) in [5.74, 6) is 0.314. The lowest BCUT2D eigenvalue weighted by molar-refractivity contribution is -0.138. The fourth-order valence-electron chi connectivity index (χ4n) is 3.51. The van der Waals surface area contributed by atoms with Crippen molar-refractivity contribution in [3.05, 3.63) is 0 Å². The SMILES string of the molecule is CC(C)NC1CCCN(C(C)CN2CCCCC2)C1=O. The van der Waals surface area contributed by atoms with Crippen LogP contribution in [0.4, 0.5) is 0 Å². The Hall–Kier alpha value is -0.610. The second kappa shape index (κ2) is 7.41. The van der Waals surface area contributed by atoms with Crippen LogP contribution in [0, 0.1) is 0 Å². The van der Waals surface area contributed by atoms with E-state index < -0.39 is 0 Å². The minimum Gasteiger partial charge on any atom is -0.337 e. The summed E-state index contributed by atoms with van der Waals surface area (Å²) in [7, 11) is 0. The summed E-state index contributed by atoms with van der Waals surface area (Å²) < 4.78 is 0. The lowest BCUT2D eigenvalue weighted by Crippen LogP contribution is -2.56. The van der Waals surface area contributed by atoms with E-state index in [-0.39, 0.29) is 6.04 Å². The summed E-state index contributed by atoms with van der Waals surface area (Å²) in [5, 5.41) is 3.42. The van der Waals surface area contributed by atoms with Gasteiger partial charge in [0.25, 0.3) is 0 Å². The van der Waals surface area contributed by atoms with Crippen molar-refractivity contribution < 1.29 is 4.79 Å². The molecular weight excluding hydrogens is 250 g/mol. The summed E-state index contributed by atoms with van der Waals surface area (Å²) in [6, 6.07) is 0.756. The second-order valence-corrected chi connectivity index (χ2v) is 6.76. The van der Waals surface area contributed by atoms with Crippen LogP contribution in [-0.2, 0) is 4.79 Å². The molecule has 2 aliphatic rings. The molecule has 116 valence electrons. The molecule has 0 aromatic heterocycles. The number of carbonyl (C=O) groups excluding carboxylic acids is 1. The van der Waals surface area contributed by atoms with Gasteiger partial charge in [-0.15, -0.1) is 0 Å². The molecule has 0 radical (unpaired) electrons. The first-order chi connectivity index (χ1) is 9.58. The molecule has 0 spiro atoms. The van der Waals surface area contributed by atoms with Gasteiger partial charge in [0.1, 0.15) is 0 Å². The van der Waals surface area contributed by atoms with Crippen molar-refractivity contribution in [2.75, 3.05) is 26.2 Å². The molecule has 2 atom stereocenters.